The van der Waals surface area contributed by atoms with Crippen molar-refractivity contribution in [2.45, 2.75) is 5.51 Å². The lowest BCUT2D eigenvalue weighted by atomic mass is 11.6. The Labute approximate surface area is 77.4 Å². The molecule has 0 spiro atoms. The van der Waals surface area contributed by atoms with Crippen LogP contribution >= 0.6 is 10.0 Å². The van der Waals surface area contributed by atoms with Crippen LogP contribution in [0.3, 0.4) is 0 Å². The van der Waals surface area contributed by atoms with Crippen molar-refractivity contribution in [3.8, 4) is 0 Å². The summed E-state index contributed by atoms with van der Waals surface area (Å²) in [5.74, 6) is 0. The van der Waals surface area contributed by atoms with Gasteiger partial charge in [0.1, 0.15) is 0 Å². The summed E-state index contributed by atoms with van der Waals surface area (Å²) in [5.41, 5.74) is -5.53. The molecule has 0 fully saturated rings. The van der Waals surface area contributed by atoms with Crippen LogP contribution in [0, 0.1) is 0 Å². The predicted molar refractivity (Wildman–Crippen MR) is 48.9 cm³/mol. The molecule has 0 aliphatic heterocycles. The standard InChI is InChI=1S/C4H12S.CHF3O3S/c1-5(2,3)4;2-1(3,4)8(5,6)7/h1-4H3;(H,5,6,7). The first kappa shape index (κ1) is 15.5. The van der Waals surface area contributed by atoms with Crippen LogP contribution in [0.25, 0.3) is 0 Å². The maximum Gasteiger partial charge on any atom is 0.522 e. The molecule has 0 aromatic heterocycles. The van der Waals surface area contributed by atoms with E-state index in [0.29, 0.717) is 0 Å². The van der Waals surface area contributed by atoms with Gasteiger partial charge in [0.15, 0.2) is 0 Å². The fourth-order valence-corrected chi connectivity index (χ4v) is 0. The van der Waals surface area contributed by atoms with E-state index >= 15 is 0 Å². The average Bonchev–Trinajstić information content (AvgIpc) is 1.50. The van der Waals surface area contributed by atoms with Crippen LogP contribution in [0.5, 0.6) is 0 Å². The SMILES string of the molecule is CS(C)(C)C.O=S(=O)(O)C(F)(F)F. The topological polar surface area (TPSA) is 54.4 Å². The lowest BCUT2D eigenvalue weighted by Crippen LogP contribution is -2.21. The number of hydrogen-bond acceptors (Lipinski definition) is 2. The Bertz CT molecular complexity index is 231. The fourth-order valence-electron chi connectivity index (χ4n) is 0. The monoisotopic (exact) mass is 242 g/mol. The molecule has 0 atom stereocenters. The molecule has 0 aliphatic carbocycles. The molecule has 3 nitrogen and oxygen atoms in total. The number of hydrogen-bond donors (Lipinski definition) is 1. The summed E-state index contributed by atoms with van der Waals surface area (Å²) in [6, 6.07) is 0. The van der Waals surface area contributed by atoms with Crippen molar-refractivity contribution in [2.24, 2.45) is 0 Å². The van der Waals surface area contributed by atoms with E-state index in [9.17, 15) is 13.2 Å². The first-order chi connectivity index (χ1) is 5.25. The quantitative estimate of drug-likeness (QED) is 0.519. The molecule has 1 N–H and O–H groups in total. The molecular formula is C5H13F3O3S2. The van der Waals surface area contributed by atoms with Gasteiger partial charge in [-0.15, -0.1) is 0 Å². The zero-order valence-corrected chi connectivity index (χ0v) is 9.35. The highest BCUT2D eigenvalue weighted by Gasteiger charge is 2.44. The van der Waals surface area contributed by atoms with E-state index in [2.05, 4.69) is 25.0 Å². The van der Waals surface area contributed by atoms with E-state index in [0.717, 1.165) is 0 Å². The highest BCUT2D eigenvalue weighted by atomic mass is 32.3. The van der Waals surface area contributed by atoms with Crippen molar-refractivity contribution >= 4 is 20.1 Å². The molecule has 0 rings (SSSR count). The number of rotatable bonds is 0. The van der Waals surface area contributed by atoms with Crippen molar-refractivity contribution in [1.82, 2.24) is 0 Å². The summed E-state index contributed by atoms with van der Waals surface area (Å²) in [6.45, 7) is 0. The van der Waals surface area contributed by atoms with Crippen LogP contribution < -0.4 is 0 Å². The summed E-state index contributed by atoms with van der Waals surface area (Å²) < 4.78 is 57.5. The third-order valence-electron chi connectivity index (χ3n) is 0.292. The summed E-state index contributed by atoms with van der Waals surface area (Å²) in [7, 11) is -6.01. The molecular weight excluding hydrogens is 229 g/mol. The van der Waals surface area contributed by atoms with Crippen LogP contribution in [0.4, 0.5) is 13.2 Å². The van der Waals surface area contributed by atoms with E-state index in [1.165, 1.54) is 0 Å². The second kappa shape index (κ2) is 4.52. The van der Waals surface area contributed by atoms with E-state index in [1.807, 2.05) is 0 Å². The maximum atomic E-state index is 10.7. The Kier molecular flexibility index (Phi) is 5.39. The van der Waals surface area contributed by atoms with Crippen molar-refractivity contribution in [3.05, 3.63) is 0 Å². The Morgan fingerprint density at radius 3 is 1.08 bits per heavy atom. The normalized spacial score (nSPS) is 14.5. The van der Waals surface area contributed by atoms with Crippen LogP contribution in [-0.2, 0) is 10.1 Å². The Balaban J connectivity index is 0. The molecule has 8 heteroatoms. The predicted octanol–water partition coefficient (Wildman–Crippen LogP) is 1.70. The van der Waals surface area contributed by atoms with E-state index in [-0.39, 0.29) is 10.0 Å². The first-order valence-corrected chi connectivity index (χ1v) is 7.63. The molecule has 0 saturated carbocycles. The molecule has 0 radical (unpaired) electrons. The minimum absolute atomic E-state index is 0.167. The third kappa shape index (κ3) is 14.9. The highest BCUT2D eigenvalue weighted by Crippen LogP contribution is 2.27. The van der Waals surface area contributed by atoms with Gasteiger partial charge in [-0.1, -0.05) is 0 Å². The Hall–Kier alpha value is 0.0500. The van der Waals surface area contributed by atoms with Gasteiger partial charge in [0.2, 0.25) is 0 Å². The van der Waals surface area contributed by atoms with Crippen molar-refractivity contribution in [1.29, 1.82) is 0 Å². The first-order valence-electron chi connectivity index (χ1n) is 2.92. The summed E-state index contributed by atoms with van der Waals surface area (Å²) in [5, 5.41) is 0. The second-order valence-electron chi connectivity index (χ2n) is 3.37. The smallest absolute Gasteiger partial charge is 0.279 e. The molecule has 13 heavy (non-hydrogen) atoms. The second-order valence-corrected chi connectivity index (χ2v) is 9.68. The molecule has 0 aromatic carbocycles. The number of halogens is 3. The Morgan fingerprint density at radius 1 is 1.00 bits per heavy atom. The van der Waals surface area contributed by atoms with E-state index in [1.54, 1.807) is 0 Å². The van der Waals surface area contributed by atoms with Gasteiger partial charge in [0, 0.05) is 0 Å². The Morgan fingerprint density at radius 2 is 1.08 bits per heavy atom. The van der Waals surface area contributed by atoms with E-state index in [4.69, 9.17) is 13.0 Å². The lowest BCUT2D eigenvalue weighted by molar-refractivity contribution is -0.0510. The zero-order chi connectivity index (χ0) is 11.5. The van der Waals surface area contributed by atoms with Crippen molar-refractivity contribution in [3.63, 3.8) is 0 Å². The van der Waals surface area contributed by atoms with E-state index < -0.39 is 15.6 Å². The molecule has 0 aromatic rings. The summed E-state index contributed by atoms with van der Waals surface area (Å²) in [6.07, 6.45) is 9.08. The molecule has 0 saturated heterocycles. The molecule has 0 bridgehead atoms. The molecule has 0 aliphatic rings. The van der Waals surface area contributed by atoms with Crippen molar-refractivity contribution in [2.75, 3.05) is 25.0 Å². The van der Waals surface area contributed by atoms with Gasteiger partial charge >= 0.3 is 15.6 Å². The van der Waals surface area contributed by atoms with Gasteiger partial charge in [-0.3, -0.25) is 14.6 Å². The van der Waals surface area contributed by atoms with Gasteiger partial charge in [-0.2, -0.15) is 21.6 Å². The third-order valence-corrected chi connectivity index (χ3v) is 0.877. The van der Waals surface area contributed by atoms with Crippen LogP contribution in [0.2, 0.25) is 0 Å². The largest absolute Gasteiger partial charge is 0.522 e. The summed E-state index contributed by atoms with van der Waals surface area (Å²) in [4.78, 5) is 0. The van der Waals surface area contributed by atoms with Gasteiger partial charge in [0.25, 0.3) is 0 Å². The molecule has 0 heterocycles. The van der Waals surface area contributed by atoms with Gasteiger partial charge in [-0.05, 0) is 25.0 Å². The van der Waals surface area contributed by atoms with Gasteiger partial charge in [0.05, 0.1) is 0 Å². The summed E-state index contributed by atoms with van der Waals surface area (Å²) >= 11 is 0. The molecule has 0 amide bonds. The van der Waals surface area contributed by atoms with Gasteiger partial charge < -0.3 is 0 Å². The average molecular weight is 242 g/mol. The fraction of sp³-hybridized carbons (Fsp3) is 1.00. The highest BCUT2D eigenvalue weighted by molar-refractivity contribution is 8.31. The van der Waals surface area contributed by atoms with Crippen LogP contribution in [-0.4, -0.2) is 43.5 Å². The lowest BCUT2D eigenvalue weighted by Gasteiger charge is -2.15. The minimum Gasteiger partial charge on any atom is -0.279 e. The minimum atomic E-state index is -5.84. The molecule has 84 valence electrons. The maximum absolute atomic E-state index is 10.7. The number of alkyl halides is 3. The zero-order valence-electron chi connectivity index (χ0n) is 7.71. The molecule has 0 unspecified atom stereocenters. The van der Waals surface area contributed by atoms with Crippen molar-refractivity contribution < 1.29 is 26.1 Å². The van der Waals surface area contributed by atoms with Crippen LogP contribution in [0.15, 0.2) is 0 Å². The van der Waals surface area contributed by atoms with Crippen LogP contribution in [0.1, 0.15) is 0 Å². The van der Waals surface area contributed by atoms with Gasteiger partial charge in [-0.25, -0.2) is 0 Å².